The lowest BCUT2D eigenvalue weighted by molar-refractivity contribution is -0.168. The fraction of sp³-hybridized carbons (Fsp3) is 0.864. The van der Waals surface area contributed by atoms with E-state index in [9.17, 15) is 18.9 Å². The van der Waals surface area contributed by atoms with E-state index >= 15 is 0 Å². The summed E-state index contributed by atoms with van der Waals surface area (Å²) in [5.41, 5.74) is -3.25. The van der Waals surface area contributed by atoms with E-state index in [0.29, 0.717) is 0 Å². The second kappa shape index (κ2) is 11.8. The minimum Gasteiger partial charge on any atom is -0.457 e. The number of carbonyl (C=O) groups is 3. The highest BCUT2D eigenvalue weighted by Crippen LogP contribution is 2.55. The summed E-state index contributed by atoms with van der Waals surface area (Å²) >= 11 is 0. The van der Waals surface area contributed by atoms with Crippen LogP contribution in [0.5, 0.6) is 0 Å². The number of esters is 2. The van der Waals surface area contributed by atoms with Gasteiger partial charge in [0.25, 0.3) is 0 Å². The first-order valence-corrected chi connectivity index (χ1v) is 12.4. The highest BCUT2D eigenvalue weighted by molar-refractivity contribution is 7.48. The van der Waals surface area contributed by atoms with Gasteiger partial charge in [0, 0.05) is 0 Å². The molecule has 34 heavy (non-hydrogen) atoms. The molecule has 0 radical (unpaired) electrons. The lowest BCUT2D eigenvalue weighted by Gasteiger charge is -2.31. The van der Waals surface area contributed by atoms with E-state index in [-0.39, 0.29) is 0 Å². The quantitative estimate of drug-likeness (QED) is 0.200. The van der Waals surface area contributed by atoms with Crippen LogP contribution in [-0.2, 0) is 41.9 Å². The summed E-state index contributed by atoms with van der Waals surface area (Å²) in [5.74, 6) is -1.58. The normalized spacial score (nSPS) is 14.2. The summed E-state index contributed by atoms with van der Waals surface area (Å²) in [6.45, 7) is 18.7. The van der Waals surface area contributed by atoms with Crippen LogP contribution in [0.25, 0.3) is 0 Å². The van der Waals surface area contributed by atoms with Crippen molar-refractivity contribution in [3.8, 4) is 0 Å². The minimum absolute atomic E-state index is 0.611. The third kappa shape index (κ3) is 15.3. The van der Waals surface area contributed by atoms with Gasteiger partial charge >= 0.3 is 25.9 Å². The van der Waals surface area contributed by atoms with Gasteiger partial charge in [0.15, 0.2) is 6.61 Å². The molecule has 0 saturated heterocycles. The lowest BCUT2D eigenvalue weighted by atomic mass is 9.87. The zero-order valence-corrected chi connectivity index (χ0v) is 23.4. The number of alkyl carbamates (subject to hydrolysis) is 1. The monoisotopic (exact) mass is 511 g/mol. The smallest absolute Gasteiger partial charge is 0.457 e. The van der Waals surface area contributed by atoms with Crippen molar-refractivity contribution in [2.24, 2.45) is 5.41 Å². The Balaban J connectivity index is 5.07. The van der Waals surface area contributed by atoms with Gasteiger partial charge in [-0.3, -0.25) is 9.05 Å². The van der Waals surface area contributed by atoms with Gasteiger partial charge < -0.3 is 19.5 Å². The molecule has 0 saturated carbocycles. The van der Waals surface area contributed by atoms with E-state index in [4.69, 9.17) is 27.8 Å². The zero-order valence-electron chi connectivity index (χ0n) is 22.5. The molecule has 0 aliphatic carbocycles. The maximum absolute atomic E-state index is 13.0. The average Bonchev–Trinajstić information content (AvgIpc) is 2.51. The molecule has 0 rings (SSSR count). The van der Waals surface area contributed by atoms with Crippen LogP contribution in [0, 0.1) is 5.41 Å². The van der Waals surface area contributed by atoms with Crippen molar-refractivity contribution in [3.63, 3.8) is 0 Å². The molecule has 0 heterocycles. The topological polar surface area (TPSA) is 136 Å². The Morgan fingerprint density at radius 3 is 1.62 bits per heavy atom. The number of phosphoric ester groups is 1. The van der Waals surface area contributed by atoms with Crippen LogP contribution in [-0.4, -0.2) is 54.3 Å². The third-order valence-corrected chi connectivity index (χ3v) is 5.25. The summed E-state index contributed by atoms with van der Waals surface area (Å²) in [6.07, 6.45) is -1.03. The first-order chi connectivity index (χ1) is 14.9. The third-order valence-electron chi connectivity index (χ3n) is 3.29. The molecule has 1 unspecified atom stereocenters. The molecule has 12 heteroatoms. The van der Waals surface area contributed by atoms with Crippen LogP contribution in [0.4, 0.5) is 4.79 Å². The molecule has 0 spiro atoms. The van der Waals surface area contributed by atoms with Gasteiger partial charge in [-0.25, -0.2) is 23.5 Å². The molecule has 0 fully saturated rings. The van der Waals surface area contributed by atoms with Gasteiger partial charge in [0.1, 0.15) is 11.6 Å². The van der Waals surface area contributed by atoms with E-state index < -0.39 is 67.5 Å². The predicted octanol–water partition coefficient (Wildman–Crippen LogP) is 4.72. The second-order valence-corrected chi connectivity index (χ2v) is 13.2. The lowest BCUT2D eigenvalue weighted by Crippen LogP contribution is -2.50. The van der Waals surface area contributed by atoms with Crippen LogP contribution in [0.3, 0.4) is 0 Å². The molecule has 0 aromatic carbocycles. The molecule has 1 atom stereocenters. The van der Waals surface area contributed by atoms with E-state index in [2.05, 4.69) is 5.32 Å². The summed E-state index contributed by atoms with van der Waals surface area (Å²) < 4.78 is 44.0. The van der Waals surface area contributed by atoms with Crippen LogP contribution >= 0.6 is 7.82 Å². The molecule has 1 amide bonds. The van der Waals surface area contributed by atoms with Crippen molar-refractivity contribution in [3.05, 3.63) is 0 Å². The van der Waals surface area contributed by atoms with E-state index in [1.54, 1.807) is 83.1 Å². The largest absolute Gasteiger partial charge is 0.478 e. The van der Waals surface area contributed by atoms with Gasteiger partial charge in [-0.05, 0) is 67.7 Å². The number of hydrogen-bond donors (Lipinski definition) is 1. The van der Waals surface area contributed by atoms with Gasteiger partial charge in [-0.1, -0.05) is 20.8 Å². The first kappa shape index (κ1) is 32.3. The second-order valence-electron chi connectivity index (χ2n) is 11.7. The standard InChI is InChI=1S/C22H42NO10P/c1-19(2,3)16(17(25)28-13-15(24)31-20(4,5)6)23-18(26)29-14-30-34(27,32-21(7,8)9)33-22(10,11)12/h16H,13-14H2,1-12H3,(H,23,26). The van der Waals surface area contributed by atoms with Crippen LogP contribution in [0.2, 0.25) is 0 Å². The van der Waals surface area contributed by atoms with Crippen molar-refractivity contribution < 1.29 is 46.7 Å². The number of hydrogen-bond acceptors (Lipinski definition) is 10. The molecule has 11 nitrogen and oxygen atoms in total. The highest BCUT2D eigenvalue weighted by Gasteiger charge is 2.38. The first-order valence-electron chi connectivity index (χ1n) is 10.9. The Hall–Kier alpha value is -1.68. The Labute approximate surface area is 203 Å². The van der Waals surface area contributed by atoms with Crippen molar-refractivity contribution in [1.82, 2.24) is 5.32 Å². The highest BCUT2D eigenvalue weighted by atomic mass is 31.2. The number of rotatable bonds is 9. The molecule has 0 bridgehead atoms. The predicted molar refractivity (Wildman–Crippen MR) is 125 cm³/mol. The fourth-order valence-electron chi connectivity index (χ4n) is 2.26. The van der Waals surface area contributed by atoms with E-state index in [1.165, 1.54) is 0 Å². The minimum atomic E-state index is -4.09. The molecule has 1 N–H and O–H groups in total. The van der Waals surface area contributed by atoms with Crippen molar-refractivity contribution >= 4 is 25.9 Å². The maximum Gasteiger partial charge on any atom is 0.478 e. The van der Waals surface area contributed by atoms with Crippen LogP contribution in [0.1, 0.15) is 83.1 Å². The Kier molecular flexibility index (Phi) is 11.3. The Bertz CT molecular complexity index is 734. The van der Waals surface area contributed by atoms with Gasteiger partial charge in [0.2, 0.25) is 6.79 Å². The van der Waals surface area contributed by atoms with Crippen LogP contribution in [0.15, 0.2) is 0 Å². The summed E-state index contributed by atoms with van der Waals surface area (Å²) in [7, 11) is -4.09. The van der Waals surface area contributed by atoms with Crippen LogP contribution < -0.4 is 5.32 Å². The van der Waals surface area contributed by atoms with Crippen molar-refractivity contribution in [2.45, 2.75) is 106 Å². The fourth-order valence-corrected chi connectivity index (χ4v) is 3.93. The van der Waals surface area contributed by atoms with Crippen molar-refractivity contribution in [2.75, 3.05) is 13.4 Å². The molecule has 0 aliphatic rings. The average molecular weight is 512 g/mol. The molecule has 0 aromatic rings. The number of carbonyl (C=O) groups excluding carboxylic acids is 3. The maximum atomic E-state index is 13.0. The van der Waals surface area contributed by atoms with E-state index in [1.807, 2.05) is 0 Å². The molecular weight excluding hydrogens is 469 g/mol. The van der Waals surface area contributed by atoms with Crippen molar-refractivity contribution in [1.29, 1.82) is 0 Å². The van der Waals surface area contributed by atoms with Gasteiger partial charge in [0.05, 0.1) is 11.2 Å². The molecule has 0 aliphatic heterocycles. The number of ether oxygens (including phenoxy) is 3. The summed E-state index contributed by atoms with van der Waals surface area (Å²) in [4.78, 5) is 36.6. The van der Waals surface area contributed by atoms with Gasteiger partial charge in [-0.2, -0.15) is 0 Å². The molecule has 0 aromatic heterocycles. The number of nitrogens with one attached hydrogen (secondary N) is 1. The number of phosphoric acid groups is 1. The molecule has 200 valence electrons. The summed E-state index contributed by atoms with van der Waals surface area (Å²) in [6, 6.07) is -1.16. The Morgan fingerprint density at radius 1 is 0.765 bits per heavy atom. The SMILES string of the molecule is CC(C)(C)OC(=O)COC(=O)C(NC(=O)OCOP(=O)(OC(C)(C)C)OC(C)(C)C)C(C)(C)C. The summed E-state index contributed by atoms with van der Waals surface area (Å²) in [5, 5.41) is 2.37. The van der Waals surface area contributed by atoms with E-state index in [0.717, 1.165) is 0 Å². The zero-order chi connectivity index (χ0) is 27.2. The Morgan fingerprint density at radius 2 is 1.24 bits per heavy atom. The molecular formula is C22H42NO10P. The van der Waals surface area contributed by atoms with Gasteiger partial charge in [-0.15, -0.1) is 0 Å². The number of amides is 1.